The third kappa shape index (κ3) is 5.65. The highest BCUT2D eigenvalue weighted by atomic mass is 32.2. The van der Waals surface area contributed by atoms with E-state index in [0.717, 1.165) is 19.3 Å². The molecule has 9 nitrogen and oxygen atoms in total. The number of carbonyl (C=O) groups excluding carboxylic acids is 2. The minimum atomic E-state index is -4.11. The molecule has 1 saturated heterocycles. The Labute approximate surface area is 204 Å². The summed E-state index contributed by atoms with van der Waals surface area (Å²) in [5, 5.41) is 2.71. The van der Waals surface area contributed by atoms with Gasteiger partial charge in [0.25, 0.3) is 21.8 Å². The number of rotatable bonds is 8. The Hall–Kier alpha value is -3.79. The van der Waals surface area contributed by atoms with Gasteiger partial charge in [-0.05, 0) is 61.7 Å². The Balaban J connectivity index is 1.57. The largest absolute Gasteiger partial charge is 0.496 e. The van der Waals surface area contributed by atoms with E-state index in [1.54, 1.807) is 29.2 Å². The maximum atomic E-state index is 13.2. The topological polar surface area (TPSA) is 118 Å². The van der Waals surface area contributed by atoms with E-state index >= 15 is 0 Å². The summed E-state index contributed by atoms with van der Waals surface area (Å²) >= 11 is 0. The molecule has 0 spiro atoms. The second-order valence-corrected chi connectivity index (χ2v) is 9.81. The molecule has 0 aliphatic carbocycles. The van der Waals surface area contributed by atoms with Crippen LogP contribution < -0.4 is 14.8 Å². The summed E-state index contributed by atoms with van der Waals surface area (Å²) in [6.45, 7) is 1.41. The molecule has 1 fully saturated rings. The number of methoxy groups -OCH3 is 1. The SMILES string of the molecule is COc1ccc(S(=O)(=O)Nc2ccccc2C(=O)NCc2ccco2)cc1C(=O)N1CCCCC1. The highest BCUT2D eigenvalue weighted by Gasteiger charge is 2.25. The van der Waals surface area contributed by atoms with Gasteiger partial charge in [-0.1, -0.05) is 12.1 Å². The van der Waals surface area contributed by atoms with Crippen LogP contribution in [0.1, 0.15) is 45.7 Å². The summed E-state index contributed by atoms with van der Waals surface area (Å²) in [6, 6.07) is 13.9. The molecular formula is C25H27N3O6S. The van der Waals surface area contributed by atoms with E-state index in [2.05, 4.69) is 10.0 Å². The summed E-state index contributed by atoms with van der Waals surface area (Å²) in [5.74, 6) is 0.143. The van der Waals surface area contributed by atoms with Gasteiger partial charge in [0.05, 0.1) is 41.6 Å². The van der Waals surface area contributed by atoms with Crippen molar-refractivity contribution in [1.82, 2.24) is 10.2 Å². The fourth-order valence-electron chi connectivity index (χ4n) is 3.94. The first-order chi connectivity index (χ1) is 16.9. The third-order valence-electron chi connectivity index (χ3n) is 5.77. The van der Waals surface area contributed by atoms with Crippen molar-refractivity contribution in [2.75, 3.05) is 24.9 Å². The number of benzene rings is 2. The number of carbonyl (C=O) groups is 2. The number of amides is 2. The van der Waals surface area contributed by atoms with Gasteiger partial charge in [0.2, 0.25) is 0 Å². The normalized spacial score (nSPS) is 13.8. The lowest BCUT2D eigenvalue weighted by atomic mass is 10.1. The first-order valence-electron chi connectivity index (χ1n) is 11.3. The highest BCUT2D eigenvalue weighted by molar-refractivity contribution is 7.92. The number of nitrogens with zero attached hydrogens (tertiary/aromatic N) is 1. The number of furan rings is 1. The van der Waals surface area contributed by atoms with Crippen LogP contribution in [0.2, 0.25) is 0 Å². The molecule has 1 aliphatic rings. The van der Waals surface area contributed by atoms with Crippen LogP contribution >= 0.6 is 0 Å². The van der Waals surface area contributed by atoms with Gasteiger partial charge in [-0.25, -0.2) is 8.42 Å². The predicted molar refractivity (Wildman–Crippen MR) is 130 cm³/mol. The molecule has 2 heterocycles. The third-order valence-corrected chi connectivity index (χ3v) is 7.14. The van der Waals surface area contributed by atoms with E-state index in [0.29, 0.717) is 24.6 Å². The lowest BCUT2D eigenvalue weighted by molar-refractivity contribution is 0.0720. The summed E-state index contributed by atoms with van der Waals surface area (Å²) in [4.78, 5) is 27.4. The molecule has 4 rings (SSSR count). The van der Waals surface area contributed by atoms with Crippen molar-refractivity contribution in [1.29, 1.82) is 0 Å². The smallest absolute Gasteiger partial charge is 0.261 e. The van der Waals surface area contributed by atoms with Crippen molar-refractivity contribution in [3.63, 3.8) is 0 Å². The molecule has 3 aromatic rings. The molecule has 0 unspecified atom stereocenters. The fourth-order valence-corrected chi connectivity index (χ4v) is 5.04. The average molecular weight is 498 g/mol. The second kappa shape index (κ2) is 10.6. The number of hydrogen-bond acceptors (Lipinski definition) is 6. The number of likely N-dealkylation sites (tertiary alicyclic amines) is 1. The van der Waals surface area contributed by atoms with E-state index in [-0.39, 0.29) is 34.2 Å². The van der Waals surface area contributed by atoms with Gasteiger partial charge in [-0.2, -0.15) is 0 Å². The molecule has 35 heavy (non-hydrogen) atoms. The van der Waals surface area contributed by atoms with Crippen LogP contribution in [-0.4, -0.2) is 45.3 Å². The zero-order valence-corrected chi connectivity index (χ0v) is 20.1. The number of para-hydroxylation sites is 1. The number of anilines is 1. The van der Waals surface area contributed by atoms with E-state index in [1.165, 1.54) is 43.7 Å². The van der Waals surface area contributed by atoms with Crippen molar-refractivity contribution < 1.29 is 27.2 Å². The lowest BCUT2D eigenvalue weighted by Gasteiger charge is -2.27. The number of ether oxygens (including phenoxy) is 1. The number of sulfonamides is 1. The van der Waals surface area contributed by atoms with Crippen LogP contribution in [-0.2, 0) is 16.6 Å². The Morgan fingerprint density at radius 2 is 1.77 bits per heavy atom. The molecule has 1 aliphatic heterocycles. The Morgan fingerprint density at radius 1 is 1.00 bits per heavy atom. The molecule has 184 valence electrons. The van der Waals surface area contributed by atoms with Crippen LogP contribution in [0.15, 0.2) is 70.2 Å². The maximum absolute atomic E-state index is 13.2. The van der Waals surface area contributed by atoms with Crippen LogP contribution in [0, 0.1) is 0 Å². The van der Waals surface area contributed by atoms with Crippen molar-refractivity contribution in [2.24, 2.45) is 0 Å². The first kappa shape index (κ1) is 24.3. The zero-order chi connectivity index (χ0) is 24.8. The highest BCUT2D eigenvalue weighted by Crippen LogP contribution is 2.27. The van der Waals surface area contributed by atoms with Crippen LogP contribution in [0.25, 0.3) is 0 Å². The van der Waals surface area contributed by atoms with E-state index in [1.807, 2.05) is 0 Å². The molecule has 2 amide bonds. The minimum absolute atomic E-state index is 0.107. The molecule has 2 aromatic carbocycles. The molecular weight excluding hydrogens is 470 g/mol. The van der Waals surface area contributed by atoms with Crippen molar-refractivity contribution in [3.8, 4) is 5.75 Å². The van der Waals surface area contributed by atoms with Crippen molar-refractivity contribution >= 4 is 27.5 Å². The molecule has 0 saturated carbocycles. The summed E-state index contributed by atoms with van der Waals surface area (Å²) in [6.07, 6.45) is 4.38. The summed E-state index contributed by atoms with van der Waals surface area (Å²) in [7, 11) is -2.68. The Kier molecular flexibility index (Phi) is 7.40. The molecule has 10 heteroatoms. The number of nitrogens with one attached hydrogen (secondary N) is 2. The van der Waals surface area contributed by atoms with Crippen LogP contribution in [0.3, 0.4) is 0 Å². The molecule has 0 bridgehead atoms. The van der Waals surface area contributed by atoms with Gasteiger partial charge >= 0.3 is 0 Å². The van der Waals surface area contributed by atoms with Gasteiger partial charge in [0, 0.05) is 13.1 Å². The van der Waals surface area contributed by atoms with Crippen molar-refractivity contribution in [3.05, 3.63) is 77.7 Å². The van der Waals surface area contributed by atoms with Crippen LogP contribution in [0.4, 0.5) is 5.69 Å². The molecule has 0 atom stereocenters. The quantitative estimate of drug-likeness (QED) is 0.491. The Bertz CT molecular complexity index is 1300. The molecule has 0 radical (unpaired) electrons. The van der Waals surface area contributed by atoms with Gasteiger partial charge < -0.3 is 19.4 Å². The van der Waals surface area contributed by atoms with E-state index in [4.69, 9.17) is 9.15 Å². The lowest BCUT2D eigenvalue weighted by Crippen LogP contribution is -2.35. The average Bonchev–Trinajstić information content (AvgIpc) is 3.41. The van der Waals surface area contributed by atoms with Gasteiger partial charge in [0.15, 0.2) is 0 Å². The Morgan fingerprint density at radius 3 is 2.49 bits per heavy atom. The monoisotopic (exact) mass is 497 g/mol. The number of piperidine rings is 1. The van der Waals surface area contributed by atoms with Crippen molar-refractivity contribution in [2.45, 2.75) is 30.7 Å². The standard InChI is InChI=1S/C25H27N3O6S/c1-33-23-12-11-19(16-21(23)25(30)28-13-5-2-6-14-28)35(31,32)27-22-10-4-3-9-20(22)24(29)26-17-18-8-7-15-34-18/h3-4,7-12,15-16,27H,2,5-6,13-14,17H2,1H3,(H,26,29). The van der Waals surface area contributed by atoms with Gasteiger partial charge in [-0.15, -0.1) is 0 Å². The second-order valence-electron chi connectivity index (χ2n) is 8.13. The van der Waals surface area contributed by atoms with E-state index < -0.39 is 15.9 Å². The fraction of sp³-hybridized carbons (Fsp3) is 0.280. The summed E-state index contributed by atoms with van der Waals surface area (Å²) < 4.78 is 39.5. The maximum Gasteiger partial charge on any atom is 0.261 e. The molecule has 1 aromatic heterocycles. The van der Waals surface area contributed by atoms with Gasteiger partial charge in [-0.3, -0.25) is 14.3 Å². The summed E-state index contributed by atoms with van der Waals surface area (Å²) in [5.41, 5.74) is 0.451. The van der Waals surface area contributed by atoms with Crippen LogP contribution in [0.5, 0.6) is 5.75 Å². The zero-order valence-electron chi connectivity index (χ0n) is 19.3. The minimum Gasteiger partial charge on any atom is -0.496 e. The van der Waals surface area contributed by atoms with Gasteiger partial charge in [0.1, 0.15) is 11.5 Å². The first-order valence-corrected chi connectivity index (χ1v) is 12.8. The molecule has 2 N–H and O–H groups in total. The van der Waals surface area contributed by atoms with E-state index in [9.17, 15) is 18.0 Å². The predicted octanol–water partition coefficient (Wildman–Crippen LogP) is 3.65. The number of hydrogen-bond donors (Lipinski definition) is 2.